The first-order valence-electron chi connectivity index (χ1n) is 6.57. The second kappa shape index (κ2) is 5.98. The molecule has 1 atom stereocenters. The summed E-state index contributed by atoms with van der Waals surface area (Å²) in [7, 11) is -3.65. The molecular weight excluding hydrogens is 365 g/mol. The van der Waals surface area contributed by atoms with Crippen LogP contribution in [0.4, 0.5) is 5.13 Å². The summed E-state index contributed by atoms with van der Waals surface area (Å²) in [5, 5.41) is 2.79. The molecule has 118 valence electrons. The molecule has 0 saturated carbocycles. The van der Waals surface area contributed by atoms with Crippen LogP contribution in [0.2, 0.25) is 10.0 Å². The number of benzene rings is 1. The minimum absolute atomic E-state index is 0.136. The normalized spacial score (nSPS) is 19.6. The van der Waals surface area contributed by atoms with Crippen molar-refractivity contribution in [2.24, 2.45) is 0 Å². The van der Waals surface area contributed by atoms with Crippen LogP contribution in [0, 0.1) is 0 Å². The highest BCUT2D eigenvalue weighted by Crippen LogP contribution is 2.38. The van der Waals surface area contributed by atoms with E-state index in [1.165, 1.54) is 33.8 Å². The van der Waals surface area contributed by atoms with Crippen molar-refractivity contribution in [3.63, 3.8) is 0 Å². The summed E-state index contributed by atoms with van der Waals surface area (Å²) in [5.41, 5.74) is 6.35. The van der Waals surface area contributed by atoms with Gasteiger partial charge >= 0.3 is 0 Å². The SMILES string of the molecule is Nc1nc(C2CCCN2S(=O)(=O)c2ccc(Cl)c(Cl)c2)cs1. The van der Waals surface area contributed by atoms with Gasteiger partial charge in [-0.25, -0.2) is 13.4 Å². The molecule has 0 aliphatic carbocycles. The van der Waals surface area contributed by atoms with E-state index < -0.39 is 10.0 Å². The quantitative estimate of drug-likeness (QED) is 0.886. The number of sulfonamides is 1. The van der Waals surface area contributed by atoms with Crippen molar-refractivity contribution >= 4 is 49.7 Å². The Morgan fingerprint density at radius 2 is 2.09 bits per heavy atom. The highest BCUT2D eigenvalue weighted by Gasteiger charge is 2.37. The number of anilines is 1. The number of rotatable bonds is 3. The number of nitrogens with two attached hydrogens (primary N) is 1. The maximum atomic E-state index is 12.9. The van der Waals surface area contributed by atoms with E-state index in [-0.39, 0.29) is 16.0 Å². The van der Waals surface area contributed by atoms with Gasteiger partial charge in [-0.15, -0.1) is 11.3 Å². The second-order valence-electron chi connectivity index (χ2n) is 4.96. The fraction of sp³-hybridized carbons (Fsp3) is 0.308. The predicted molar refractivity (Wildman–Crippen MR) is 88.9 cm³/mol. The minimum atomic E-state index is -3.65. The molecule has 9 heteroatoms. The molecule has 1 aliphatic heterocycles. The molecule has 0 amide bonds. The van der Waals surface area contributed by atoms with Crippen LogP contribution in [0.15, 0.2) is 28.5 Å². The average Bonchev–Trinajstić information content (AvgIpc) is 3.10. The lowest BCUT2D eigenvalue weighted by Gasteiger charge is -2.23. The first-order chi connectivity index (χ1) is 10.4. The first-order valence-corrected chi connectivity index (χ1v) is 9.65. The van der Waals surface area contributed by atoms with Gasteiger partial charge in [0.2, 0.25) is 10.0 Å². The number of aromatic nitrogens is 1. The number of nitrogens with zero attached hydrogens (tertiary/aromatic N) is 2. The van der Waals surface area contributed by atoms with Crippen molar-refractivity contribution in [2.45, 2.75) is 23.8 Å². The molecule has 22 heavy (non-hydrogen) atoms. The van der Waals surface area contributed by atoms with Crippen LogP contribution in [0.1, 0.15) is 24.6 Å². The number of halogens is 2. The Labute approximate surface area is 142 Å². The van der Waals surface area contributed by atoms with Gasteiger partial charge in [0, 0.05) is 11.9 Å². The molecule has 3 rings (SSSR count). The lowest BCUT2D eigenvalue weighted by Crippen LogP contribution is -2.30. The Morgan fingerprint density at radius 1 is 1.32 bits per heavy atom. The Kier molecular flexibility index (Phi) is 4.35. The van der Waals surface area contributed by atoms with Crippen LogP contribution in [0.3, 0.4) is 0 Å². The van der Waals surface area contributed by atoms with Crippen molar-refractivity contribution in [1.82, 2.24) is 9.29 Å². The lowest BCUT2D eigenvalue weighted by molar-refractivity contribution is 0.392. The highest BCUT2D eigenvalue weighted by atomic mass is 35.5. The van der Waals surface area contributed by atoms with Gasteiger partial charge in [-0.3, -0.25) is 0 Å². The van der Waals surface area contributed by atoms with Crippen LogP contribution in [0.5, 0.6) is 0 Å². The van der Waals surface area contributed by atoms with E-state index in [4.69, 9.17) is 28.9 Å². The van der Waals surface area contributed by atoms with Gasteiger partial charge in [0.1, 0.15) is 0 Å². The minimum Gasteiger partial charge on any atom is -0.375 e. The van der Waals surface area contributed by atoms with Crippen molar-refractivity contribution in [2.75, 3.05) is 12.3 Å². The average molecular weight is 378 g/mol. The molecule has 5 nitrogen and oxygen atoms in total. The van der Waals surface area contributed by atoms with Gasteiger partial charge in [-0.2, -0.15) is 4.31 Å². The van der Waals surface area contributed by atoms with E-state index in [9.17, 15) is 8.42 Å². The molecule has 0 bridgehead atoms. The summed E-state index contributed by atoms with van der Waals surface area (Å²) in [6, 6.07) is 4.05. The largest absolute Gasteiger partial charge is 0.375 e. The number of thiazole rings is 1. The van der Waals surface area contributed by atoms with Gasteiger partial charge in [0.25, 0.3) is 0 Å². The molecule has 0 spiro atoms. The van der Waals surface area contributed by atoms with Gasteiger partial charge in [-0.1, -0.05) is 23.2 Å². The van der Waals surface area contributed by atoms with Gasteiger partial charge < -0.3 is 5.73 Å². The first kappa shape index (κ1) is 16.0. The van der Waals surface area contributed by atoms with Gasteiger partial charge in [-0.05, 0) is 31.0 Å². The Hall–Kier alpha value is -0.860. The summed E-state index contributed by atoms with van der Waals surface area (Å²) in [5.74, 6) is 0. The van der Waals surface area contributed by atoms with Crippen molar-refractivity contribution in [3.8, 4) is 0 Å². The monoisotopic (exact) mass is 377 g/mol. The maximum Gasteiger partial charge on any atom is 0.243 e. The van der Waals surface area contributed by atoms with Gasteiger partial charge in [0.15, 0.2) is 5.13 Å². The third-order valence-electron chi connectivity index (χ3n) is 3.58. The number of hydrogen-bond donors (Lipinski definition) is 1. The van der Waals surface area contributed by atoms with Crippen LogP contribution in [-0.4, -0.2) is 24.3 Å². The highest BCUT2D eigenvalue weighted by molar-refractivity contribution is 7.89. The third-order valence-corrected chi connectivity index (χ3v) is 6.92. The molecule has 1 unspecified atom stereocenters. The topological polar surface area (TPSA) is 76.3 Å². The second-order valence-corrected chi connectivity index (χ2v) is 8.55. The van der Waals surface area contributed by atoms with Gasteiger partial charge in [0.05, 0.1) is 26.7 Å². The molecular formula is C13H13Cl2N3O2S2. The molecule has 2 N–H and O–H groups in total. The van der Waals surface area contributed by atoms with E-state index in [2.05, 4.69) is 4.98 Å². The van der Waals surface area contributed by atoms with Crippen LogP contribution in [-0.2, 0) is 10.0 Å². The summed E-state index contributed by atoms with van der Waals surface area (Å²) in [6.45, 7) is 0.449. The lowest BCUT2D eigenvalue weighted by atomic mass is 10.2. The Balaban J connectivity index is 1.98. The zero-order chi connectivity index (χ0) is 15.9. The third kappa shape index (κ3) is 2.83. The molecule has 0 radical (unpaired) electrons. The smallest absolute Gasteiger partial charge is 0.243 e. The van der Waals surface area contributed by atoms with Crippen LogP contribution >= 0.6 is 34.5 Å². The summed E-state index contributed by atoms with van der Waals surface area (Å²) >= 11 is 13.1. The van der Waals surface area contributed by atoms with E-state index in [0.717, 1.165) is 12.8 Å². The maximum absolute atomic E-state index is 12.9. The Bertz CT molecular complexity index is 807. The van der Waals surface area contributed by atoms with E-state index in [1.807, 2.05) is 5.38 Å². The standard InChI is InChI=1S/C13H13Cl2N3O2S2/c14-9-4-3-8(6-10(9)15)22(19,20)18-5-1-2-12(18)11-7-21-13(16)17-11/h3-4,6-7,12H,1-2,5H2,(H2,16,17). The fourth-order valence-corrected chi connectivity index (χ4v) is 5.22. The molecule has 2 heterocycles. The van der Waals surface area contributed by atoms with E-state index in [1.54, 1.807) is 0 Å². The number of hydrogen-bond acceptors (Lipinski definition) is 5. The summed E-state index contributed by atoms with van der Waals surface area (Å²) < 4.78 is 27.2. The summed E-state index contributed by atoms with van der Waals surface area (Å²) in [4.78, 5) is 4.36. The molecule has 1 fully saturated rings. The molecule has 1 aromatic carbocycles. The predicted octanol–water partition coefficient (Wildman–Crippen LogP) is 3.56. The van der Waals surface area contributed by atoms with Crippen LogP contribution < -0.4 is 5.73 Å². The molecule has 1 aromatic heterocycles. The van der Waals surface area contributed by atoms with E-state index in [0.29, 0.717) is 22.4 Å². The zero-order valence-electron chi connectivity index (χ0n) is 11.4. The van der Waals surface area contributed by atoms with Crippen LogP contribution in [0.25, 0.3) is 0 Å². The van der Waals surface area contributed by atoms with Crippen molar-refractivity contribution in [3.05, 3.63) is 39.3 Å². The zero-order valence-corrected chi connectivity index (χ0v) is 14.5. The molecule has 2 aromatic rings. The molecule has 1 saturated heterocycles. The van der Waals surface area contributed by atoms with Crippen molar-refractivity contribution < 1.29 is 8.42 Å². The summed E-state index contributed by atoms with van der Waals surface area (Å²) in [6.07, 6.45) is 1.51. The number of nitrogen functional groups attached to an aromatic ring is 1. The fourth-order valence-electron chi connectivity index (χ4n) is 2.55. The Morgan fingerprint density at radius 3 is 2.73 bits per heavy atom. The van der Waals surface area contributed by atoms with Crippen molar-refractivity contribution in [1.29, 1.82) is 0 Å². The van der Waals surface area contributed by atoms with E-state index >= 15 is 0 Å². The molecule has 1 aliphatic rings.